The minimum absolute atomic E-state index is 0.349. The lowest BCUT2D eigenvalue weighted by atomic mass is 10.2. The lowest BCUT2D eigenvalue weighted by molar-refractivity contribution is -0.0604. The fourth-order valence-corrected chi connectivity index (χ4v) is 1.69. The van der Waals surface area contributed by atoms with E-state index in [2.05, 4.69) is 12.1 Å². The molecule has 0 radical (unpaired) electrons. The van der Waals surface area contributed by atoms with Crippen LogP contribution in [0.3, 0.4) is 0 Å². The molecule has 0 amide bonds. The Kier molecular flexibility index (Phi) is 5.44. The molecule has 2 nitrogen and oxygen atoms in total. The SMILES string of the molecule is c1ccc(CCOCOCc2ccccc2)cc1. The van der Waals surface area contributed by atoms with Crippen molar-refractivity contribution >= 4 is 0 Å². The normalized spacial score (nSPS) is 10.4. The largest absolute Gasteiger partial charge is 0.355 e. The molecule has 18 heavy (non-hydrogen) atoms. The molecule has 0 heterocycles. The molecule has 2 aromatic rings. The van der Waals surface area contributed by atoms with E-state index in [-0.39, 0.29) is 0 Å². The Hall–Kier alpha value is -1.64. The van der Waals surface area contributed by atoms with Crippen LogP contribution in [-0.4, -0.2) is 13.4 Å². The van der Waals surface area contributed by atoms with Gasteiger partial charge in [-0.1, -0.05) is 60.7 Å². The molecule has 0 N–H and O–H groups in total. The van der Waals surface area contributed by atoms with Gasteiger partial charge in [-0.3, -0.25) is 0 Å². The first-order valence-corrected chi connectivity index (χ1v) is 6.18. The van der Waals surface area contributed by atoms with Gasteiger partial charge >= 0.3 is 0 Å². The third-order valence-corrected chi connectivity index (χ3v) is 2.66. The summed E-state index contributed by atoms with van der Waals surface area (Å²) in [5, 5.41) is 0. The van der Waals surface area contributed by atoms with Gasteiger partial charge in [-0.05, 0) is 17.5 Å². The van der Waals surface area contributed by atoms with Crippen molar-refractivity contribution in [2.75, 3.05) is 13.4 Å². The standard InChI is InChI=1S/C16H18O2/c1-3-7-15(8-4-1)11-12-17-14-18-13-16-9-5-2-6-10-16/h1-10H,11-14H2. The summed E-state index contributed by atoms with van der Waals surface area (Å²) >= 11 is 0. The summed E-state index contributed by atoms with van der Waals surface area (Å²) in [6.45, 7) is 1.65. The number of ether oxygens (including phenoxy) is 2. The van der Waals surface area contributed by atoms with Crippen LogP contribution in [0.5, 0.6) is 0 Å². The van der Waals surface area contributed by atoms with Gasteiger partial charge < -0.3 is 9.47 Å². The lowest BCUT2D eigenvalue weighted by Gasteiger charge is -2.06. The summed E-state index contributed by atoms with van der Waals surface area (Å²) < 4.78 is 10.9. The van der Waals surface area contributed by atoms with Crippen molar-refractivity contribution < 1.29 is 9.47 Å². The van der Waals surface area contributed by atoms with Crippen molar-refractivity contribution in [2.24, 2.45) is 0 Å². The second-order valence-electron chi connectivity index (χ2n) is 4.10. The average Bonchev–Trinajstić information content (AvgIpc) is 2.45. The van der Waals surface area contributed by atoms with Gasteiger partial charge in [0.15, 0.2) is 0 Å². The van der Waals surface area contributed by atoms with E-state index in [0.29, 0.717) is 20.0 Å². The van der Waals surface area contributed by atoms with E-state index in [1.165, 1.54) is 11.1 Å². The molecule has 0 bridgehead atoms. The number of rotatable bonds is 7. The summed E-state index contributed by atoms with van der Waals surface area (Å²) in [5.41, 5.74) is 2.46. The summed E-state index contributed by atoms with van der Waals surface area (Å²) in [6, 6.07) is 20.4. The van der Waals surface area contributed by atoms with Crippen molar-refractivity contribution in [1.29, 1.82) is 0 Å². The Morgan fingerprint density at radius 1 is 0.667 bits per heavy atom. The van der Waals surface area contributed by atoms with Crippen LogP contribution in [0.4, 0.5) is 0 Å². The molecule has 0 atom stereocenters. The highest BCUT2D eigenvalue weighted by Crippen LogP contribution is 2.01. The molecule has 0 saturated carbocycles. The van der Waals surface area contributed by atoms with Crippen LogP contribution in [0.2, 0.25) is 0 Å². The quantitative estimate of drug-likeness (QED) is 0.547. The number of hydrogen-bond donors (Lipinski definition) is 0. The topological polar surface area (TPSA) is 18.5 Å². The molecule has 0 unspecified atom stereocenters. The fraction of sp³-hybridized carbons (Fsp3) is 0.250. The van der Waals surface area contributed by atoms with Gasteiger partial charge in [0.2, 0.25) is 0 Å². The van der Waals surface area contributed by atoms with Gasteiger partial charge in [0, 0.05) is 0 Å². The van der Waals surface area contributed by atoms with Gasteiger partial charge in [0.05, 0.1) is 13.2 Å². The first kappa shape index (κ1) is 12.8. The second kappa shape index (κ2) is 7.64. The van der Waals surface area contributed by atoms with Crippen molar-refractivity contribution in [1.82, 2.24) is 0 Å². The molecule has 0 aliphatic carbocycles. The maximum Gasteiger partial charge on any atom is 0.147 e. The lowest BCUT2D eigenvalue weighted by Crippen LogP contribution is -2.03. The molecular formula is C16H18O2. The van der Waals surface area contributed by atoms with Crippen LogP contribution in [0.1, 0.15) is 11.1 Å². The van der Waals surface area contributed by atoms with Gasteiger partial charge in [0.25, 0.3) is 0 Å². The van der Waals surface area contributed by atoms with Crippen molar-refractivity contribution in [3.05, 3.63) is 71.8 Å². The van der Waals surface area contributed by atoms with E-state index in [1.54, 1.807) is 0 Å². The number of benzene rings is 2. The fourth-order valence-electron chi connectivity index (χ4n) is 1.69. The van der Waals surface area contributed by atoms with Gasteiger partial charge in [-0.25, -0.2) is 0 Å². The van der Waals surface area contributed by atoms with E-state index in [1.807, 2.05) is 48.5 Å². The molecule has 94 valence electrons. The minimum Gasteiger partial charge on any atom is -0.355 e. The summed E-state index contributed by atoms with van der Waals surface area (Å²) in [4.78, 5) is 0. The summed E-state index contributed by atoms with van der Waals surface area (Å²) in [7, 11) is 0. The zero-order valence-corrected chi connectivity index (χ0v) is 10.4. The van der Waals surface area contributed by atoms with Crippen LogP contribution >= 0.6 is 0 Å². The van der Waals surface area contributed by atoms with Crippen LogP contribution in [-0.2, 0) is 22.5 Å². The first-order valence-electron chi connectivity index (χ1n) is 6.18. The summed E-state index contributed by atoms with van der Waals surface area (Å²) in [5.74, 6) is 0. The molecule has 2 heteroatoms. The van der Waals surface area contributed by atoms with Crippen molar-refractivity contribution in [3.63, 3.8) is 0 Å². The molecule has 0 aliphatic rings. The Morgan fingerprint density at radius 2 is 1.28 bits per heavy atom. The van der Waals surface area contributed by atoms with E-state index in [9.17, 15) is 0 Å². The maximum absolute atomic E-state index is 5.44. The van der Waals surface area contributed by atoms with Crippen molar-refractivity contribution in [2.45, 2.75) is 13.0 Å². The van der Waals surface area contributed by atoms with Gasteiger partial charge in [-0.15, -0.1) is 0 Å². The van der Waals surface area contributed by atoms with E-state index >= 15 is 0 Å². The Labute approximate surface area is 108 Å². The zero-order valence-electron chi connectivity index (χ0n) is 10.4. The molecular weight excluding hydrogens is 224 g/mol. The first-order chi connectivity index (χ1) is 8.95. The predicted octanol–water partition coefficient (Wildman–Crippen LogP) is 3.42. The minimum atomic E-state index is 0.349. The molecule has 0 fully saturated rings. The highest BCUT2D eigenvalue weighted by atomic mass is 16.7. The molecule has 0 aromatic heterocycles. The Morgan fingerprint density at radius 3 is 1.94 bits per heavy atom. The molecule has 0 aliphatic heterocycles. The van der Waals surface area contributed by atoms with E-state index < -0.39 is 0 Å². The van der Waals surface area contributed by atoms with Crippen LogP contribution in [0.25, 0.3) is 0 Å². The smallest absolute Gasteiger partial charge is 0.147 e. The molecule has 0 saturated heterocycles. The van der Waals surface area contributed by atoms with Crippen molar-refractivity contribution in [3.8, 4) is 0 Å². The van der Waals surface area contributed by atoms with Crippen LogP contribution < -0.4 is 0 Å². The predicted molar refractivity (Wildman–Crippen MR) is 72.2 cm³/mol. The van der Waals surface area contributed by atoms with E-state index in [0.717, 1.165) is 6.42 Å². The Bertz CT molecular complexity index is 382. The third-order valence-electron chi connectivity index (χ3n) is 2.66. The molecule has 2 aromatic carbocycles. The molecule has 0 spiro atoms. The molecule has 2 rings (SSSR count). The van der Waals surface area contributed by atoms with Crippen LogP contribution in [0, 0.1) is 0 Å². The second-order valence-corrected chi connectivity index (χ2v) is 4.10. The van der Waals surface area contributed by atoms with Gasteiger partial charge in [0.1, 0.15) is 6.79 Å². The third kappa shape index (κ3) is 4.70. The Balaban J connectivity index is 1.54. The number of hydrogen-bond acceptors (Lipinski definition) is 2. The zero-order chi connectivity index (χ0) is 12.5. The maximum atomic E-state index is 5.44. The average molecular weight is 242 g/mol. The van der Waals surface area contributed by atoms with Crippen LogP contribution in [0.15, 0.2) is 60.7 Å². The highest BCUT2D eigenvalue weighted by molar-refractivity contribution is 5.14. The highest BCUT2D eigenvalue weighted by Gasteiger charge is 1.93. The monoisotopic (exact) mass is 242 g/mol. The van der Waals surface area contributed by atoms with E-state index in [4.69, 9.17) is 9.47 Å². The summed E-state index contributed by atoms with van der Waals surface area (Å²) in [6.07, 6.45) is 0.926. The van der Waals surface area contributed by atoms with Gasteiger partial charge in [-0.2, -0.15) is 0 Å².